The molecule has 1 amide bonds. The van der Waals surface area contributed by atoms with Gasteiger partial charge in [0.25, 0.3) is 5.91 Å². The van der Waals surface area contributed by atoms with E-state index in [1.807, 2.05) is 29.1 Å². The maximum absolute atomic E-state index is 12.8. The Hall–Kier alpha value is -2.63. The minimum Gasteiger partial charge on any atom is -0.467 e. The van der Waals surface area contributed by atoms with Crippen LogP contribution in [0.5, 0.6) is 0 Å². The summed E-state index contributed by atoms with van der Waals surface area (Å²) >= 11 is 0. The second kappa shape index (κ2) is 6.24. The van der Waals surface area contributed by atoms with Crippen molar-refractivity contribution in [3.8, 4) is 5.82 Å². The molecule has 0 aliphatic heterocycles. The van der Waals surface area contributed by atoms with Crippen molar-refractivity contribution in [1.82, 2.24) is 14.5 Å². The summed E-state index contributed by atoms with van der Waals surface area (Å²) in [6.07, 6.45) is 7.17. The lowest BCUT2D eigenvalue weighted by Gasteiger charge is -2.27. The van der Waals surface area contributed by atoms with Gasteiger partial charge in [-0.15, -0.1) is 0 Å². The van der Waals surface area contributed by atoms with Crippen molar-refractivity contribution in [3.05, 3.63) is 48.4 Å². The third kappa shape index (κ3) is 3.11. The summed E-state index contributed by atoms with van der Waals surface area (Å²) in [7, 11) is 1.34. The van der Waals surface area contributed by atoms with E-state index in [9.17, 15) is 9.59 Å². The normalized spacial score (nSPS) is 15.0. The molecule has 2 heterocycles. The maximum Gasteiger partial charge on any atom is 0.328 e. The first-order valence-electron chi connectivity index (χ1n) is 7.61. The molecule has 3 rings (SSSR count). The first kappa shape index (κ1) is 15.3. The van der Waals surface area contributed by atoms with Crippen molar-refractivity contribution in [2.75, 3.05) is 7.11 Å². The summed E-state index contributed by atoms with van der Waals surface area (Å²) in [5.41, 5.74) is 0.476. The van der Waals surface area contributed by atoms with Crippen molar-refractivity contribution in [3.63, 3.8) is 0 Å². The van der Waals surface area contributed by atoms with E-state index in [-0.39, 0.29) is 11.9 Å². The van der Waals surface area contributed by atoms with Crippen LogP contribution in [0.15, 0.2) is 42.9 Å². The number of amides is 1. The highest BCUT2D eigenvalue weighted by molar-refractivity contribution is 5.97. The summed E-state index contributed by atoms with van der Waals surface area (Å²) in [6, 6.07) is 6.87. The first-order valence-corrected chi connectivity index (χ1v) is 7.61. The average Bonchev–Trinajstić information content (AvgIpc) is 3.26. The fourth-order valence-electron chi connectivity index (χ4n) is 2.60. The van der Waals surface area contributed by atoms with E-state index in [2.05, 4.69) is 4.98 Å². The van der Waals surface area contributed by atoms with Crippen molar-refractivity contribution in [2.45, 2.75) is 31.8 Å². The molecule has 1 aliphatic rings. The standard InChI is InChI=1S/C17H19N3O3/c1-12(17(22)23-2)20(14-6-7-14)16(21)13-5-8-15(18-11-13)19-9-3-4-10-19/h3-5,8-12,14H,6-7H2,1-2H3/t12-/m0/s1. The van der Waals surface area contributed by atoms with Gasteiger partial charge in [-0.25, -0.2) is 9.78 Å². The Morgan fingerprint density at radius 2 is 2.00 bits per heavy atom. The van der Waals surface area contributed by atoms with Crippen LogP contribution in [0.1, 0.15) is 30.1 Å². The zero-order valence-corrected chi connectivity index (χ0v) is 13.2. The summed E-state index contributed by atoms with van der Waals surface area (Å²) in [5, 5.41) is 0. The van der Waals surface area contributed by atoms with Gasteiger partial charge < -0.3 is 14.2 Å². The van der Waals surface area contributed by atoms with Crippen LogP contribution in [0.4, 0.5) is 0 Å². The molecule has 1 fully saturated rings. The summed E-state index contributed by atoms with van der Waals surface area (Å²) < 4.78 is 6.64. The molecule has 0 bridgehead atoms. The molecule has 6 nitrogen and oxygen atoms in total. The summed E-state index contributed by atoms with van der Waals surface area (Å²) in [6.45, 7) is 1.70. The topological polar surface area (TPSA) is 64.4 Å². The monoisotopic (exact) mass is 313 g/mol. The SMILES string of the molecule is COC(=O)[C@H](C)N(C(=O)c1ccc(-n2cccc2)nc1)C1CC1. The largest absolute Gasteiger partial charge is 0.467 e. The minimum atomic E-state index is -0.593. The number of rotatable bonds is 5. The molecule has 0 N–H and O–H groups in total. The molecule has 1 aliphatic carbocycles. The number of hydrogen-bond acceptors (Lipinski definition) is 4. The number of carbonyl (C=O) groups is 2. The minimum absolute atomic E-state index is 0.112. The molecule has 0 spiro atoms. The second-order valence-corrected chi connectivity index (χ2v) is 5.64. The first-order chi connectivity index (χ1) is 11.1. The fraction of sp³-hybridized carbons (Fsp3) is 0.353. The van der Waals surface area contributed by atoms with Gasteiger partial charge in [-0.1, -0.05) is 0 Å². The quantitative estimate of drug-likeness (QED) is 0.792. The van der Waals surface area contributed by atoms with Crippen molar-refractivity contribution < 1.29 is 14.3 Å². The molecule has 0 unspecified atom stereocenters. The molecule has 1 saturated carbocycles. The number of carbonyl (C=O) groups excluding carboxylic acids is 2. The van der Waals surface area contributed by atoms with Crippen molar-refractivity contribution in [1.29, 1.82) is 0 Å². The van der Waals surface area contributed by atoms with Crippen LogP contribution in [-0.4, -0.2) is 45.5 Å². The highest BCUT2D eigenvalue weighted by atomic mass is 16.5. The molecule has 0 aromatic carbocycles. The third-order valence-electron chi connectivity index (χ3n) is 4.00. The number of aromatic nitrogens is 2. The van der Waals surface area contributed by atoms with E-state index in [1.54, 1.807) is 30.2 Å². The second-order valence-electron chi connectivity index (χ2n) is 5.64. The van der Waals surface area contributed by atoms with Gasteiger partial charge in [-0.3, -0.25) is 4.79 Å². The molecule has 0 radical (unpaired) electrons. The zero-order valence-electron chi connectivity index (χ0n) is 13.2. The average molecular weight is 313 g/mol. The molecule has 120 valence electrons. The number of ether oxygens (including phenoxy) is 1. The maximum atomic E-state index is 12.8. The van der Waals surface area contributed by atoms with E-state index in [0.717, 1.165) is 18.7 Å². The molecule has 6 heteroatoms. The fourth-order valence-corrected chi connectivity index (χ4v) is 2.60. The van der Waals surface area contributed by atoms with Gasteiger partial charge in [0.05, 0.1) is 12.7 Å². The number of esters is 1. The smallest absolute Gasteiger partial charge is 0.328 e. The molecule has 1 atom stereocenters. The van der Waals surface area contributed by atoms with Crippen LogP contribution < -0.4 is 0 Å². The van der Waals surface area contributed by atoms with E-state index in [0.29, 0.717) is 5.56 Å². The Labute approximate surface area is 134 Å². The zero-order chi connectivity index (χ0) is 16.4. The lowest BCUT2D eigenvalue weighted by molar-refractivity contribution is -0.145. The van der Waals surface area contributed by atoms with Gasteiger partial charge in [-0.2, -0.15) is 0 Å². The predicted molar refractivity (Wildman–Crippen MR) is 84.2 cm³/mol. The van der Waals surface area contributed by atoms with Crippen molar-refractivity contribution in [2.24, 2.45) is 0 Å². The molecule has 0 saturated heterocycles. The highest BCUT2D eigenvalue weighted by Crippen LogP contribution is 2.30. The van der Waals surface area contributed by atoms with Crippen LogP contribution in [-0.2, 0) is 9.53 Å². The summed E-state index contributed by atoms with van der Waals surface area (Å²) in [4.78, 5) is 30.5. The Morgan fingerprint density at radius 1 is 1.30 bits per heavy atom. The van der Waals surface area contributed by atoms with E-state index in [1.165, 1.54) is 7.11 Å². The van der Waals surface area contributed by atoms with Gasteiger partial charge in [-0.05, 0) is 44.0 Å². The van der Waals surface area contributed by atoms with Crippen LogP contribution in [0.25, 0.3) is 5.82 Å². The van der Waals surface area contributed by atoms with Gasteiger partial charge in [0.1, 0.15) is 11.9 Å². The molecule has 2 aromatic heterocycles. The molecule has 23 heavy (non-hydrogen) atoms. The van der Waals surface area contributed by atoms with Gasteiger partial charge in [0, 0.05) is 24.6 Å². The van der Waals surface area contributed by atoms with Crippen LogP contribution >= 0.6 is 0 Å². The van der Waals surface area contributed by atoms with Gasteiger partial charge in [0.15, 0.2) is 0 Å². The Bertz CT molecular complexity index is 690. The van der Waals surface area contributed by atoms with E-state index in [4.69, 9.17) is 4.74 Å². The lowest BCUT2D eigenvalue weighted by atomic mass is 10.2. The van der Waals surface area contributed by atoms with E-state index < -0.39 is 12.0 Å². The predicted octanol–water partition coefficient (Wildman–Crippen LogP) is 2.04. The van der Waals surface area contributed by atoms with Gasteiger partial charge >= 0.3 is 5.97 Å². The van der Waals surface area contributed by atoms with Gasteiger partial charge in [0.2, 0.25) is 0 Å². The molecular weight excluding hydrogens is 294 g/mol. The Kier molecular flexibility index (Phi) is 4.14. The Morgan fingerprint density at radius 3 is 2.52 bits per heavy atom. The number of pyridine rings is 1. The van der Waals surface area contributed by atoms with E-state index >= 15 is 0 Å². The van der Waals surface area contributed by atoms with Crippen LogP contribution in [0, 0.1) is 0 Å². The molecular formula is C17H19N3O3. The van der Waals surface area contributed by atoms with Crippen LogP contribution in [0.2, 0.25) is 0 Å². The van der Waals surface area contributed by atoms with Crippen LogP contribution in [0.3, 0.4) is 0 Å². The third-order valence-corrected chi connectivity index (χ3v) is 4.00. The lowest BCUT2D eigenvalue weighted by Crippen LogP contribution is -2.45. The Balaban J connectivity index is 1.81. The number of nitrogens with zero attached hydrogens (tertiary/aromatic N) is 3. The number of hydrogen-bond donors (Lipinski definition) is 0. The summed E-state index contributed by atoms with van der Waals surface area (Å²) in [5.74, 6) is 0.157. The number of methoxy groups -OCH3 is 1. The molecule has 2 aromatic rings. The highest BCUT2D eigenvalue weighted by Gasteiger charge is 2.39. The van der Waals surface area contributed by atoms with Crippen molar-refractivity contribution >= 4 is 11.9 Å².